The summed E-state index contributed by atoms with van der Waals surface area (Å²) in [6, 6.07) is 9.98. The number of carbonyl (C=O) groups excluding carboxylic acids is 1. The van der Waals surface area contributed by atoms with Crippen molar-refractivity contribution in [3.8, 4) is 0 Å². The van der Waals surface area contributed by atoms with Crippen LogP contribution < -0.4 is 0 Å². The van der Waals surface area contributed by atoms with Crippen molar-refractivity contribution in [2.45, 2.75) is 44.2 Å². The molecule has 1 aromatic rings. The molecule has 2 aliphatic heterocycles. The molecule has 0 bridgehead atoms. The number of aliphatic hydroxyl groups is 1. The van der Waals surface area contributed by atoms with Gasteiger partial charge >= 0.3 is 0 Å². The highest BCUT2D eigenvalue weighted by atomic mass is 16.3. The second kappa shape index (κ2) is 6.39. The average molecular weight is 302 g/mol. The van der Waals surface area contributed by atoms with Gasteiger partial charge in [-0.1, -0.05) is 37.3 Å². The van der Waals surface area contributed by atoms with Gasteiger partial charge in [-0.15, -0.1) is 0 Å². The molecule has 22 heavy (non-hydrogen) atoms. The normalized spacial score (nSPS) is 29.7. The molecule has 0 saturated carbocycles. The van der Waals surface area contributed by atoms with Gasteiger partial charge in [-0.05, 0) is 37.9 Å². The third-order valence-electron chi connectivity index (χ3n) is 5.22. The summed E-state index contributed by atoms with van der Waals surface area (Å²) in [7, 11) is 0. The van der Waals surface area contributed by atoms with Gasteiger partial charge in [0.05, 0.1) is 6.04 Å². The maximum Gasteiger partial charge on any atom is 0.222 e. The number of hydrogen-bond acceptors (Lipinski definition) is 3. The van der Waals surface area contributed by atoms with E-state index in [1.807, 2.05) is 42.2 Å². The standard InChI is InChI=1S/C18H26N2O2/c1-2-17(21)20-13-10-18(22,15-8-4-3-5-9-15)16(14-20)19-11-6-7-12-19/h3-5,8-9,16,22H,2,6-7,10-14H2,1H3. The number of likely N-dealkylation sites (tertiary alicyclic amines) is 2. The zero-order chi connectivity index (χ0) is 15.6. The molecule has 3 rings (SSSR count). The van der Waals surface area contributed by atoms with Crippen molar-refractivity contribution in [1.82, 2.24) is 9.80 Å². The van der Waals surface area contributed by atoms with E-state index in [1.165, 1.54) is 12.8 Å². The Morgan fingerprint density at radius 2 is 1.91 bits per heavy atom. The Labute approximate surface area is 132 Å². The van der Waals surface area contributed by atoms with Crippen LogP contribution in [0.5, 0.6) is 0 Å². The first kappa shape index (κ1) is 15.5. The summed E-state index contributed by atoms with van der Waals surface area (Å²) in [6.45, 7) is 5.23. The van der Waals surface area contributed by atoms with Crippen LogP contribution in [0, 0.1) is 0 Å². The van der Waals surface area contributed by atoms with Crippen LogP contribution in [0.1, 0.15) is 38.2 Å². The van der Waals surface area contributed by atoms with Gasteiger partial charge in [0.2, 0.25) is 5.91 Å². The molecule has 2 fully saturated rings. The molecule has 0 aliphatic carbocycles. The quantitative estimate of drug-likeness (QED) is 0.928. The lowest BCUT2D eigenvalue weighted by Gasteiger charge is -2.48. The highest BCUT2D eigenvalue weighted by Gasteiger charge is 2.46. The van der Waals surface area contributed by atoms with Crippen LogP contribution in [0.2, 0.25) is 0 Å². The van der Waals surface area contributed by atoms with E-state index in [9.17, 15) is 9.90 Å². The molecule has 2 aliphatic rings. The molecule has 4 nitrogen and oxygen atoms in total. The molecule has 2 saturated heterocycles. The van der Waals surface area contributed by atoms with Crippen LogP contribution >= 0.6 is 0 Å². The van der Waals surface area contributed by atoms with Gasteiger partial charge in [-0.25, -0.2) is 0 Å². The lowest BCUT2D eigenvalue weighted by Crippen LogP contribution is -2.61. The molecule has 1 N–H and O–H groups in total. The Morgan fingerprint density at radius 3 is 2.55 bits per heavy atom. The maximum absolute atomic E-state index is 12.1. The summed E-state index contributed by atoms with van der Waals surface area (Å²) in [4.78, 5) is 16.4. The molecule has 120 valence electrons. The van der Waals surface area contributed by atoms with Crippen molar-refractivity contribution in [3.63, 3.8) is 0 Å². The third-order valence-corrected chi connectivity index (χ3v) is 5.22. The first-order valence-electron chi connectivity index (χ1n) is 8.45. The van der Waals surface area contributed by atoms with Gasteiger partial charge in [-0.3, -0.25) is 9.69 Å². The predicted molar refractivity (Wildman–Crippen MR) is 86.4 cm³/mol. The highest BCUT2D eigenvalue weighted by molar-refractivity contribution is 5.76. The van der Waals surface area contributed by atoms with Crippen LogP contribution in [0.25, 0.3) is 0 Å². The third kappa shape index (κ3) is 2.77. The van der Waals surface area contributed by atoms with Crippen molar-refractivity contribution in [3.05, 3.63) is 35.9 Å². The van der Waals surface area contributed by atoms with E-state index < -0.39 is 5.60 Å². The van der Waals surface area contributed by atoms with E-state index in [2.05, 4.69) is 4.90 Å². The smallest absolute Gasteiger partial charge is 0.222 e. The first-order chi connectivity index (χ1) is 10.6. The summed E-state index contributed by atoms with van der Waals surface area (Å²) < 4.78 is 0. The Kier molecular flexibility index (Phi) is 4.50. The molecule has 1 amide bonds. The molecule has 4 heteroatoms. The van der Waals surface area contributed by atoms with E-state index >= 15 is 0 Å². The van der Waals surface area contributed by atoms with Gasteiger partial charge < -0.3 is 10.0 Å². The number of benzene rings is 1. The Balaban J connectivity index is 1.89. The molecule has 2 heterocycles. The SMILES string of the molecule is CCC(=O)N1CCC(O)(c2ccccc2)C(N2CCCC2)C1. The second-order valence-corrected chi connectivity index (χ2v) is 6.49. The van der Waals surface area contributed by atoms with Crippen molar-refractivity contribution >= 4 is 5.91 Å². The minimum atomic E-state index is -0.851. The zero-order valence-electron chi connectivity index (χ0n) is 13.4. The lowest BCUT2D eigenvalue weighted by molar-refractivity contribution is -0.142. The van der Waals surface area contributed by atoms with Crippen molar-refractivity contribution in [2.75, 3.05) is 26.2 Å². The molecular weight excluding hydrogens is 276 g/mol. The lowest BCUT2D eigenvalue weighted by atomic mass is 9.79. The fourth-order valence-electron chi connectivity index (χ4n) is 3.91. The van der Waals surface area contributed by atoms with Gasteiger partial charge in [0.1, 0.15) is 5.60 Å². The average Bonchev–Trinajstić information content (AvgIpc) is 3.09. The van der Waals surface area contributed by atoms with Gasteiger partial charge in [0.25, 0.3) is 0 Å². The van der Waals surface area contributed by atoms with Gasteiger partial charge in [-0.2, -0.15) is 0 Å². The van der Waals surface area contributed by atoms with Crippen LogP contribution in [0.15, 0.2) is 30.3 Å². The summed E-state index contributed by atoms with van der Waals surface area (Å²) in [5, 5.41) is 11.5. The predicted octanol–water partition coefficient (Wildman–Crippen LogP) is 1.98. The minimum absolute atomic E-state index is 0.00153. The number of rotatable bonds is 3. The zero-order valence-corrected chi connectivity index (χ0v) is 13.4. The maximum atomic E-state index is 12.1. The van der Waals surface area contributed by atoms with Crippen molar-refractivity contribution in [1.29, 1.82) is 0 Å². The molecular formula is C18H26N2O2. The largest absolute Gasteiger partial charge is 0.383 e. The number of nitrogens with zero attached hydrogens (tertiary/aromatic N) is 2. The summed E-state index contributed by atoms with van der Waals surface area (Å²) in [5.74, 6) is 0.194. The van der Waals surface area contributed by atoms with Gasteiger partial charge in [0.15, 0.2) is 0 Å². The number of amides is 1. The molecule has 0 aromatic heterocycles. The van der Waals surface area contributed by atoms with E-state index in [1.54, 1.807) is 0 Å². The highest BCUT2D eigenvalue weighted by Crippen LogP contribution is 2.37. The fraction of sp³-hybridized carbons (Fsp3) is 0.611. The minimum Gasteiger partial charge on any atom is -0.383 e. The van der Waals surface area contributed by atoms with Crippen LogP contribution in [0.4, 0.5) is 0 Å². The van der Waals surface area contributed by atoms with E-state index in [0.29, 0.717) is 25.9 Å². The molecule has 2 atom stereocenters. The summed E-state index contributed by atoms with van der Waals surface area (Å²) in [5.41, 5.74) is 0.131. The summed E-state index contributed by atoms with van der Waals surface area (Å²) >= 11 is 0. The number of piperidine rings is 1. The van der Waals surface area contributed by atoms with E-state index in [0.717, 1.165) is 18.7 Å². The molecule has 1 aromatic carbocycles. The fourth-order valence-corrected chi connectivity index (χ4v) is 3.91. The van der Waals surface area contributed by atoms with Gasteiger partial charge in [0, 0.05) is 19.5 Å². The topological polar surface area (TPSA) is 43.8 Å². The van der Waals surface area contributed by atoms with Crippen molar-refractivity contribution in [2.24, 2.45) is 0 Å². The van der Waals surface area contributed by atoms with E-state index in [-0.39, 0.29) is 11.9 Å². The number of hydrogen-bond donors (Lipinski definition) is 1. The van der Waals surface area contributed by atoms with Crippen LogP contribution in [-0.2, 0) is 10.4 Å². The number of carbonyl (C=O) groups is 1. The van der Waals surface area contributed by atoms with Crippen LogP contribution in [0.3, 0.4) is 0 Å². The molecule has 2 unspecified atom stereocenters. The Bertz CT molecular complexity index is 513. The van der Waals surface area contributed by atoms with Crippen molar-refractivity contribution < 1.29 is 9.90 Å². The molecule has 0 radical (unpaired) electrons. The Hall–Kier alpha value is -1.39. The summed E-state index contributed by atoms with van der Waals surface area (Å²) in [6.07, 6.45) is 3.52. The van der Waals surface area contributed by atoms with E-state index in [4.69, 9.17) is 0 Å². The first-order valence-corrected chi connectivity index (χ1v) is 8.45. The van der Waals surface area contributed by atoms with Crippen LogP contribution in [-0.4, -0.2) is 53.0 Å². The second-order valence-electron chi connectivity index (χ2n) is 6.49. The molecule has 0 spiro atoms. The monoisotopic (exact) mass is 302 g/mol. The Morgan fingerprint density at radius 1 is 1.23 bits per heavy atom.